The topological polar surface area (TPSA) is 74.6 Å². The maximum Gasteiger partial charge on any atom is 0.266 e. The van der Waals surface area contributed by atoms with Crippen LogP contribution in [0.1, 0.15) is 20.8 Å². The molecule has 0 saturated heterocycles. The van der Waals surface area contributed by atoms with E-state index in [0.29, 0.717) is 40.3 Å². The zero-order valence-electron chi connectivity index (χ0n) is 17.1. The number of amides is 1. The third-order valence-electron chi connectivity index (χ3n) is 4.83. The van der Waals surface area contributed by atoms with Crippen molar-refractivity contribution in [2.45, 2.75) is 13.2 Å². The van der Waals surface area contributed by atoms with Crippen molar-refractivity contribution in [3.05, 3.63) is 87.0 Å². The molecule has 0 spiro atoms. The lowest BCUT2D eigenvalue weighted by atomic mass is 10.2. The highest BCUT2D eigenvalue weighted by Gasteiger charge is 2.16. The zero-order chi connectivity index (χ0) is 22.8. The number of nitrogens with zero attached hydrogens (tertiary/aromatic N) is 2. The second-order valence-electron chi connectivity index (χ2n) is 7.23. The number of carbonyl (C=O) groups excluding carboxylic acids is 1. The molecule has 0 radical (unpaired) electrons. The number of hydrogen-bond acceptors (Lipinski definition) is 6. The molecule has 33 heavy (non-hydrogen) atoms. The molecule has 0 bridgehead atoms. The number of halogens is 2. The van der Waals surface area contributed by atoms with Gasteiger partial charge in [0.15, 0.2) is 17.3 Å². The summed E-state index contributed by atoms with van der Waals surface area (Å²) in [6, 6.07) is 13.2. The van der Waals surface area contributed by atoms with Gasteiger partial charge in [-0.15, -0.1) is 11.3 Å². The van der Waals surface area contributed by atoms with Gasteiger partial charge in [-0.2, -0.15) is 5.10 Å². The van der Waals surface area contributed by atoms with Crippen LogP contribution in [0.5, 0.6) is 17.2 Å². The Morgan fingerprint density at radius 2 is 1.97 bits per heavy atom. The Morgan fingerprint density at radius 3 is 2.82 bits per heavy atom. The van der Waals surface area contributed by atoms with E-state index in [-0.39, 0.29) is 24.3 Å². The maximum atomic E-state index is 13.1. The lowest BCUT2D eigenvalue weighted by Crippen LogP contribution is -2.11. The summed E-state index contributed by atoms with van der Waals surface area (Å²) in [6.07, 6.45) is 1.61. The van der Waals surface area contributed by atoms with Gasteiger partial charge in [-0.05, 0) is 41.3 Å². The molecule has 1 aliphatic rings. The highest BCUT2D eigenvalue weighted by Crippen LogP contribution is 2.35. The summed E-state index contributed by atoms with van der Waals surface area (Å²) in [5.41, 5.74) is 1.72. The molecule has 1 aliphatic heterocycles. The normalized spacial score (nSPS) is 12.1. The minimum Gasteiger partial charge on any atom is -0.489 e. The van der Waals surface area contributed by atoms with E-state index in [4.69, 9.17) is 25.8 Å². The van der Waals surface area contributed by atoms with Gasteiger partial charge in [0, 0.05) is 17.8 Å². The summed E-state index contributed by atoms with van der Waals surface area (Å²) >= 11 is 7.54. The largest absolute Gasteiger partial charge is 0.489 e. The summed E-state index contributed by atoms with van der Waals surface area (Å²) in [6.45, 7) is 0.906. The number of benzene rings is 2. The van der Waals surface area contributed by atoms with Crippen LogP contribution in [0, 0.1) is 5.82 Å². The lowest BCUT2D eigenvalue weighted by Gasteiger charge is -2.05. The summed E-state index contributed by atoms with van der Waals surface area (Å²) in [7, 11) is 0. The first-order valence-corrected chi connectivity index (χ1v) is 11.2. The molecule has 0 saturated carbocycles. The van der Waals surface area contributed by atoms with Gasteiger partial charge in [-0.1, -0.05) is 23.7 Å². The number of carbonyl (C=O) groups is 1. The molecule has 0 aliphatic carbocycles. The van der Waals surface area contributed by atoms with Crippen LogP contribution in [-0.2, 0) is 13.2 Å². The highest BCUT2D eigenvalue weighted by molar-refractivity contribution is 7.12. The minimum atomic E-state index is -0.316. The maximum absolute atomic E-state index is 13.1. The van der Waals surface area contributed by atoms with Crippen LogP contribution >= 0.6 is 22.9 Å². The van der Waals surface area contributed by atoms with Crippen molar-refractivity contribution in [1.82, 2.24) is 9.78 Å². The first-order chi connectivity index (χ1) is 16.0. The third kappa shape index (κ3) is 4.94. The number of ether oxygens (including phenoxy) is 3. The monoisotopic (exact) mass is 485 g/mol. The average molecular weight is 486 g/mol. The van der Waals surface area contributed by atoms with Gasteiger partial charge in [-0.3, -0.25) is 9.48 Å². The second-order valence-corrected chi connectivity index (χ2v) is 8.55. The van der Waals surface area contributed by atoms with Gasteiger partial charge in [0.1, 0.15) is 23.2 Å². The molecule has 0 fully saturated rings. The molecule has 1 amide bonds. The zero-order valence-corrected chi connectivity index (χ0v) is 18.7. The van der Waals surface area contributed by atoms with E-state index in [1.165, 1.54) is 23.5 Å². The number of hydrogen-bond donors (Lipinski definition) is 1. The van der Waals surface area contributed by atoms with Crippen LogP contribution in [0.15, 0.2) is 60.1 Å². The fourth-order valence-electron chi connectivity index (χ4n) is 3.21. The Bertz CT molecular complexity index is 1310. The first kappa shape index (κ1) is 21.3. The van der Waals surface area contributed by atoms with Gasteiger partial charge in [0.05, 0.1) is 11.4 Å². The van der Waals surface area contributed by atoms with E-state index in [1.54, 1.807) is 47.3 Å². The first-order valence-electron chi connectivity index (χ1n) is 9.92. The van der Waals surface area contributed by atoms with Crippen LogP contribution in [0.25, 0.3) is 0 Å². The Balaban J connectivity index is 1.19. The Hall–Kier alpha value is -3.56. The van der Waals surface area contributed by atoms with Crippen molar-refractivity contribution in [3.8, 4) is 17.2 Å². The molecule has 0 atom stereocenters. The van der Waals surface area contributed by atoms with E-state index in [9.17, 15) is 9.18 Å². The van der Waals surface area contributed by atoms with Crippen LogP contribution in [0.3, 0.4) is 0 Å². The molecule has 7 nitrogen and oxygen atoms in total. The number of nitrogens with one attached hydrogen (secondary N) is 1. The molecule has 3 heterocycles. The smallest absolute Gasteiger partial charge is 0.266 e. The number of thiophene rings is 1. The van der Waals surface area contributed by atoms with E-state index in [2.05, 4.69) is 10.4 Å². The summed E-state index contributed by atoms with van der Waals surface area (Å²) in [5, 5.41) is 9.23. The predicted molar refractivity (Wildman–Crippen MR) is 122 cm³/mol. The Labute approximate surface area is 197 Å². The molecule has 1 N–H and O–H groups in total. The van der Waals surface area contributed by atoms with Gasteiger partial charge >= 0.3 is 0 Å². The predicted octanol–water partition coefficient (Wildman–Crippen LogP) is 5.35. The van der Waals surface area contributed by atoms with Gasteiger partial charge in [0.25, 0.3) is 5.91 Å². The van der Waals surface area contributed by atoms with Gasteiger partial charge in [-0.25, -0.2) is 4.39 Å². The molecule has 5 rings (SSSR count). The summed E-state index contributed by atoms with van der Waals surface area (Å²) in [5.74, 6) is 1.62. The minimum absolute atomic E-state index is 0.205. The average Bonchev–Trinajstić information content (AvgIpc) is 3.54. The quantitative estimate of drug-likeness (QED) is 0.382. The number of fused-ring (bicyclic) bond motifs is 1. The van der Waals surface area contributed by atoms with Crippen molar-refractivity contribution < 1.29 is 23.4 Å². The molecular weight excluding hydrogens is 469 g/mol. The molecule has 2 aromatic heterocycles. The van der Waals surface area contributed by atoms with Crippen molar-refractivity contribution in [2.75, 3.05) is 12.1 Å². The van der Waals surface area contributed by atoms with E-state index < -0.39 is 0 Å². The number of aromatic nitrogens is 2. The molecule has 4 aromatic rings. The van der Waals surface area contributed by atoms with Crippen LogP contribution in [-0.4, -0.2) is 22.5 Å². The van der Waals surface area contributed by atoms with Crippen LogP contribution in [0.4, 0.5) is 10.2 Å². The summed E-state index contributed by atoms with van der Waals surface area (Å²) in [4.78, 5) is 13.2. The molecular formula is C23H17ClFN3O4S. The van der Waals surface area contributed by atoms with Crippen LogP contribution in [0.2, 0.25) is 5.02 Å². The van der Waals surface area contributed by atoms with Crippen molar-refractivity contribution in [1.29, 1.82) is 0 Å². The van der Waals surface area contributed by atoms with Gasteiger partial charge in [0.2, 0.25) is 6.79 Å². The van der Waals surface area contributed by atoms with Crippen molar-refractivity contribution in [2.24, 2.45) is 0 Å². The highest BCUT2D eigenvalue weighted by atomic mass is 35.5. The molecule has 2 aromatic carbocycles. The fraction of sp³-hybridized carbons (Fsp3) is 0.130. The van der Waals surface area contributed by atoms with Crippen LogP contribution < -0.4 is 19.5 Å². The number of rotatable bonds is 7. The van der Waals surface area contributed by atoms with Crippen molar-refractivity contribution >= 4 is 34.7 Å². The molecule has 0 unspecified atom stereocenters. The fourth-order valence-corrected chi connectivity index (χ4v) is 4.20. The van der Waals surface area contributed by atoms with Gasteiger partial charge < -0.3 is 19.5 Å². The van der Waals surface area contributed by atoms with E-state index >= 15 is 0 Å². The molecule has 168 valence electrons. The standard InChI is InChI=1S/C23H17ClFN3O4S/c24-18-10-28(9-14-1-3-16(25)4-2-14)27-22(18)26-23(29)21-7-15(12-33-21)11-30-17-5-6-19-20(8-17)32-13-31-19/h1-8,10,12H,9,11,13H2,(H,26,27,29). The van der Waals surface area contributed by atoms with Crippen molar-refractivity contribution in [3.63, 3.8) is 0 Å². The van der Waals surface area contributed by atoms with E-state index in [0.717, 1.165) is 11.1 Å². The Kier molecular flexibility index (Phi) is 5.89. The third-order valence-corrected chi connectivity index (χ3v) is 6.09. The second kappa shape index (κ2) is 9.13. The lowest BCUT2D eigenvalue weighted by molar-refractivity contribution is 0.103. The Morgan fingerprint density at radius 1 is 1.15 bits per heavy atom. The molecule has 10 heteroatoms. The van der Waals surface area contributed by atoms with E-state index in [1.807, 2.05) is 5.38 Å². The summed E-state index contributed by atoms with van der Waals surface area (Å²) < 4.78 is 31.1. The SMILES string of the molecule is O=C(Nc1nn(Cc2ccc(F)cc2)cc1Cl)c1cc(COc2ccc3c(c2)OCO3)cs1. The number of anilines is 1.